The van der Waals surface area contributed by atoms with E-state index in [2.05, 4.69) is 5.32 Å². The maximum Gasteiger partial charge on any atom is 0.308 e. The first kappa shape index (κ1) is 19.1. The number of pyridine rings is 1. The molecule has 3 aromatic rings. The number of hydrogen-bond acceptors (Lipinski definition) is 5. The lowest BCUT2D eigenvalue weighted by atomic mass is 10.1. The molecule has 1 N–H and O–H groups in total. The molecule has 7 nitrogen and oxygen atoms in total. The Labute approximate surface area is 159 Å². The largest absolute Gasteiger partial charge is 0.497 e. The number of esters is 1. The van der Waals surface area contributed by atoms with Gasteiger partial charge in [0.05, 0.1) is 12.6 Å². The van der Waals surface area contributed by atoms with Crippen molar-refractivity contribution in [1.29, 1.82) is 0 Å². The van der Waals surface area contributed by atoms with Crippen molar-refractivity contribution in [1.82, 2.24) is 4.57 Å². The van der Waals surface area contributed by atoms with Gasteiger partial charge in [-0.2, -0.15) is 0 Å². The maximum absolute atomic E-state index is 13.1. The molecule has 3 rings (SSSR count). The average Bonchev–Trinajstić information content (AvgIpc) is 2.67. The predicted molar refractivity (Wildman–Crippen MR) is 101 cm³/mol. The minimum absolute atomic E-state index is 0.163. The molecule has 0 aliphatic rings. The number of nitrogens with one attached hydrogen (secondary N) is 1. The topological polar surface area (TPSA) is 86.6 Å². The molecule has 0 atom stereocenters. The van der Waals surface area contributed by atoms with E-state index in [1.54, 1.807) is 18.2 Å². The summed E-state index contributed by atoms with van der Waals surface area (Å²) in [6.45, 7) is 1.17. The molecule has 0 unspecified atom stereocenters. The van der Waals surface area contributed by atoms with Gasteiger partial charge in [-0.15, -0.1) is 0 Å². The summed E-state index contributed by atoms with van der Waals surface area (Å²) in [6.07, 6.45) is 0. The Bertz CT molecular complexity index is 1140. The van der Waals surface area contributed by atoms with Crippen LogP contribution in [0.25, 0.3) is 10.9 Å². The van der Waals surface area contributed by atoms with E-state index in [0.29, 0.717) is 16.7 Å². The number of methoxy groups -OCH3 is 1. The molecule has 8 heteroatoms. The molecule has 1 aromatic heterocycles. The van der Waals surface area contributed by atoms with Crippen LogP contribution in [0.2, 0.25) is 0 Å². The number of carbonyl (C=O) groups is 2. The Morgan fingerprint density at radius 2 is 1.79 bits per heavy atom. The highest BCUT2D eigenvalue weighted by atomic mass is 19.1. The summed E-state index contributed by atoms with van der Waals surface area (Å²) in [4.78, 5) is 37.3. The fourth-order valence-corrected chi connectivity index (χ4v) is 2.80. The van der Waals surface area contributed by atoms with Crippen LogP contribution < -0.4 is 20.3 Å². The zero-order valence-corrected chi connectivity index (χ0v) is 15.4. The smallest absolute Gasteiger partial charge is 0.308 e. The summed E-state index contributed by atoms with van der Waals surface area (Å²) in [5, 5.41) is 2.88. The molecular weight excluding hydrogens is 367 g/mol. The summed E-state index contributed by atoms with van der Waals surface area (Å²) in [7, 11) is 2.97. The molecule has 0 radical (unpaired) electrons. The van der Waals surface area contributed by atoms with Gasteiger partial charge in [-0.25, -0.2) is 4.39 Å². The van der Waals surface area contributed by atoms with Gasteiger partial charge in [0.1, 0.15) is 17.1 Å². The number of carbonyl (C=O) groups excluding carboxylic acids is 2. The molecule has 0 saturated carbocycles. The van der Waals surface area contributed by atoms with E-state index in [9.17, 15) is 18.8 Å². The molecule has 1 heterocycles. The van der Waals surface area contributed by atoms with Crippen LogP contribution in [0.3, 0.4) is 0 Å². The Morgan fingerprint density at radius 1 is 1.11 bits per heavy atom. The summed E-state index contributed by atoms with van der Waals surface area (Å²) < 4.78 is 24.8. The number of aryl methyl sites for hydroxylation is 1. The summed E-state index contributed by atoms with van der Waals surface area (Å²) in [6, 6.07) is 9.90. The molecule has 28 heavy (non-hydrogen) atoms. The number of benzene rings is 2. The average molecular weight is 384 g/mol. The van der Waals surface area contributed by atoms with Gasteiger partial charge < -0.3 is 19.4 Å². The second-order valence-electron chi connectivity index (χ2n) is 6.01. The normalized spacial score (nSPS) is 10.6. The number of fused-ring (bicyclic) bond motifs is 1. The van der Waals surface area contributed by atoms with E-state index in [0.717, 1.165) is 0 Å². The van der Waals surface area contributed by atoms with E-state index in [4.69, 9.17) is 9.47 Å². The van der Waals surface area contributed by atoms with Crippen LogP contribution in [-0.2, 0) is 11.8 Å². The Morgan fingerprint density at radius 3 is 2.39 bits per heavy atom. The fraction of sp³-hybridized carbons (Fsp3) is 0.150. The van der Waals surface area contributed by atoms with Crippen molar-refractivity contribution in [2.24, 2.45) is 7.05 Å². The zero-order chi connectivity index (χ0) is 20.4. The van der Waals surface area contributed by atoms with Crippen LogP contribution in [0.15, 0.2) is 47.3 Å². The monoisotopic (exact) mass is 384 g/mol. The van der Waals surface area contributed by atoms with Crippen molar-refractivity contribution in [2.45, 2.75) is 6.92 Å². The molecule has 0 saturated heterocycles. The molecule has 0 aliphatic heterocycles. The van der Waals surface area contributed by atoms with Crippen LogP contribution in [0.1, 0.15) is 17.3 Å². The predicted octanol–water partition coefficient (Wildman–Crippen LogP) is 2.86. The highest BCUT2D eigenvalue weighted by molar-refractivity contribution is 6.10. The number of ether oxygens (including phenoxy) is 2. The molecule has 144 valence electrons. The van der Waals surface area contributed by atoms with Crippen molar-refractivity contribution in [3.05, 3.63) is 64.2 Å². The number of nitrogens with zero attached hydrogens (tertiary/aromatic N) is 1. The second-order valence-corrected chi connectivity index (χ2v) is 6.01. The van der Waals surface area contributed by atoms with Crippen LogP contribution >= 0.6 is 0 Å². The minimum Gasteiger partial charge on any atom is -0.497 e. The number of hydrogen-bond donors (Lipinski definition) is 1. The van der Waals surface area contributed by atoms with Gasteiger partial charge in [0.15, 0.2) is 5.75 Å². The van der Waals surface area contributed by atoms with Crippen LogP contribution in [0.4, 0.5) is 10.1 Å². The summed E-state index contributed by atoms with van der Waals surface area (Å²) in [5.74, 6) is -1.64. The molecular formula is C20H17FN2O5. The van der Waals surface area contributed by atoms with Gasteiger partial charge >= 0.3 is 5.97 Å². The highest BCUT2D eigenvalue weighted by Crippen LogP contribution is 2.31. The molecule has 2 aromatic carbocycles. The number of rotatable bonds is 4. The first-order valence-corrected chi connectivity index (χ1v) is 8.28. The van der Waals surface area contributed by atoms with E-state index in [1.807, 2.05) is 0 Å². The minimum atomic E-state index is -0.784. The van der Waals surface area contributed by atoms with Gasteiger partial charge in [0, 0.05) is 25.0 Å². The van der Waals surface area contributed by atoms with Crippen LogP contribution in [-0.4, -0.2) is 23.6 Å². The van der Waals surface area contributed by atoms with E-state index < -0.39 is 23.3 Å². The number of halogens is 1. The van der Waals surface area contributed by atoms with Crippen molar-refractivity contribution >= 4 is 28.5 Å². The number of anilines is 1. The molecule has 0 spiro atoms. The Balaban J connectivity index is 2.22. The third-order valence-electron chi connectivity index (χ3n) is 4.13. The Hall–Kier alpha value is -3.68. The summed E-state index contributed by atoms with van der Waals surface area (Å²) >= 11 is 0. The third-order valence-corrected chi connectivity index (χ3v) is 4.13. The number of amides is 1. The zero-order valence-electron chi connectivity index (χ0n) is 15.4. The number of aromatic nitrogens is 1. The summed E-state index contributed by atoms with van der Waals surface area (Å²) in [5.41, 5.74) is -0.246. The van der Waals surface area contributed by atoms with Crippen molar-refractivity contribution in [3.63, 3.8) is 0 Å². The lowest BCUT2D eigenvalue weighted by Crippen LogP contribution is -2.29. The van der Waals surface area contributed by atoms with Crippen molar-refractivity contribution < 1.29 is 23.5 Å². The lowest BCUT2D eigenvalue weighted by Gasteiger charge is -2.15. The van der Waals surface area contributed by atoms with E-state index in [-0.39, 0.29) is 17.0 Å². The van der Waals surface area contributed by atoms with Crippen LogP contribution in [0.5, 0.6) is 11.5 Å². The van der Waals surface area contributed by atoms with Crippen molar-refractivity contribution in [3.8, 4) is 11.5 Å². The third kappa shape index (κ3) is 3.57. The fourth-order valence-electron chi connectivity index (χ4n) is 2.80. The highest BCUT2D eigenvalue weighted by Gasteiger charge is 2.24. The first-order valence-electron chi connectivity index (χ1n) is 8.28. The lowest BCUT2D eigenvalue weighted by molar-refractivity contribution is -0.131. The molecule has 0 aliphatic carbocycles. The maximum atomic E-state index is 13.1. The standard InChI is InChI=1S/C20H17FN2O5/c1-11(24)28-18-15-10-14(27-3)8-9-16(15)23(2)20(26)17(18)19(25)22-13-6-4-12(21)5-7-13/h4-10H,1-3H3,(H,22,25). The Kier molecular flexibility index (Phi) is 5.12. The van der Waals surface area contributed by atoms with Gasteiger partial charge in [0.2, 0.25) is 0 Å². The van der Waals surface area contributed by atoms with Gasteiger partial charge in [-0.1, -0.05) is 0 Å². The van der Waals surface area contributed by atoms with Gasteiger partial charge in [-0.05, 0) is 42.5 Å². The molecule has 0 bridgehead atoms. The van der Waals surface area contributed by atoms with Gasteiger partial charge in [0.25, 0.3) is 11.5 Å². The quantitative estimate of drug-likeness (QED) is 0.699. The van der Waals surface area contributed by atoms with Crippen molar-refractivity contribution in [2.75, 3.05) is 12.4 Å². The SMILES string of the molecule is COc1ccc2c(c1)c(OC(C)=O)c(C(=O)Nc1ccc(F)cc1)c(=O)n2C. The second kappa shape index (κ2) is 7.51. The molecule has 1 amide bonds. The van der Waals surface area contributed by atoms with E-state index in [1.165, 1.54) is 49.9 Å². The first-order chi connectivity index (χ1) is 13.3. The van der Waals surface area contributed by atoms with Crippen LogP contribution in [0, 0.1) is 5.82 Å². The molecule has 0 fully saturated rings. The van der Waals surface area contributed by atoms with E-state index >= 15 is 0 Å². The van der Waals surface area contributed by atoms with Gasteiger partial charge in [-0.3, -0.25) is 14.4 Å².